The second-order valence-electron chi connectivity index (χ2n) is 17.4. The van der Waals surface area contributed by atoms with Crippen molar-refractivity contribution in [2.45, 2.75) is 84.7 Å². The Labute approximate surface area is 383 Å². The number of aliphatic hydroxyl groups is 2. The maximum Gasteiger partial charge on any atom is 0.302 e. The highest BCUT2D eigenvalue weighted by molar-refractivity contribution is 6.31. The molecular weight excluding hydrogens is 855 g/mol. The number of allylic oxidation sites excluding steroid dienone is 4. The first-order chi connectivity index (χ1) is 31.3. The van der Waals surface area contributed by atoms with Gasteiger partial charge in [0, 0.05) is 88.6 Å². The first kappa shape index (κ1) is 49.4. The van der Waals surface area contributed by atoms with Crippen LogP contribution in [0.25, 0.3) is 0 Å². The van der Waals surface area contributed by atoms with E-state index in [-0.39, 0.29) is 57.3 Å². The number of benzene rings is 2. The normalized spacial score (nSPS) is 31.2. The van der Waals surface area contributed by atoms with Gasteiger partial charge in [0.15, 0.2) is 11.5 Å². The summed E-state index contributed by atoms with van der Waals surface area (Å²) in [5.74, 6) is -7.22. The van der Waals surface area contributed by atoms with Crippen molar-refractivity contribution in [1.82, 2.24) is 10.2 Å². The summed E-state index contributed by atoms with van der Waals surface area (Å²) in [6.45, 7) is 14.0. The van der Waals surface area contributed by atoms with Gasteiger partial charge in [-0.25, -0.2) is 0 Å². The number of hydrogen-bond donors (Lipinski definition) is 6. The average Bonchev–Trinajstić information content (AvgIpc) is 3.58. The number of piperazine rings is 1. The number of aliphatic hydroxyl groups excluding tert-OH is 2. The zero-order valence-electron chi connectivity index (χ0n) is 38.5. The van der Waals surface area contributed by atoms with Gasteiger partial charge in [-0.15, -0.1) is 0 Å². The minimum Gasteiger partial charge on any atom is -0.507 e. The van der Waals surface area contributed by atoms with Gasteiger partial charge < -0.3 is 60.2 Å². The average molecular weight is 916 g/mol. The Morgan fingerprint density at radius 1 is 0.985 bits per heavy atom. The number of ketones is 2. The summed E-state index contributed by atoms with van der Waals surface area (Å²) in [6, 6.07) is 5.98. The number of methoxy groups -OCH3 is 1. The Hall–Kier alpha value is -6.05. The molecule has 0 spiro atoms. The molecule has 1 fully saturated rings. The van der Waals surface area contributed by atoms with Gasteiger partial charge in [-0.1, -0.05) is 56.3 Å². The van der Waals surface area contributed by atoms with Crippen LogP contribution in [0.2, 0.25) is 0 Å². The van der Waals surface area contributed by atoms with Crippen LogP contribution in [0.5, 0.6) is 17.2 Å². The quantitative estimate of drug-likeness (QED) is 0.132. The number of oxime groups is 1. The molecule has 7 rings (SSSR count). The van der Waals surface area contributed by atoms with Crippen LogP contribution in [0.4, 0.5) is 5.69 Å². The zero-order chi connectivity index (χ0) is 48.2. The second-order valence-corrected chi connectivity index (χ2v) is 17.4. The molecule has 5 bridgehead atoms. The van der Waals surface area contributed by atoms with Crippen molar-refractivity contribution in [2.75, 3.05) is 51.3 Å². The first-order valence-corrected chi connectivity index (χ1v) is 22.0. The van der Waals surface area contributed by atoms with E-state index in [4.69, 9.17) is 29.5 Å². The lowest BCUT2D eigenvalue weighted by molar-refractivity contribution is -0.156. The number of hydrogen-bond acceptors (Lipinski definition) is 17. The molecule has 9 atom stereocenters. The number of rotatable bonds is 7. The molecule has 66 heavy (non-hydrogen) atoms. The molecule has 18 heteroatoms. The molecule has 2 aromatic rings. The van der Waals surface area contributed by atoms with E-state index in [1.807, 2.05) is 12.1 Å². The number of anilines is 1. The summed E-state index contributed by atoms with van der Waals surface area (Å²) in [5, 5.41) is 51.7. The maximum absolute atomic E-state index is 14.2. The molecule has 0 unspecified atom stereocenters. The highest BCUT2D eigenvalue weighted by Crippen LogP contribution is 2.48. The molecule has 5 aliphatic rings. The van der Waals surface area contributed by atoms with Gasteiger partial charge in [-0.2, -0.15) is 0 Å². The second kappa shape index (κ2) is 20.6. The third-order valence-corrected chi connectivity index (χ3v) is 12.8. The monoisotopic (exact) mass is 915 g/mol. The minimum absolute atomic E-state index is 0.0000116. The van der Waals surface area contributed by atoms with E-state index in [9.17, 15) is 39.6 Å². The first-order valence-electron chi connectivity index (χ1n) is 22.0. The van der Waals surface area contributed by atoms with Crippen molar-refractivity contribution in [2.24, 2.45) is 28.6 Å². The van der Waals surface area contributed by atoms with Crippen LogP contribution < -0.4 is 20.7 Å². The maximum atomic E-state index is 14.2. The number of fused-ring (bicyclic) bond motifs is 14. The Kier molecular flexibility index (Phi) is 15.4. The lowest BCUT2D eigenvalue weighted by Gasteiger charge is -2.37. The van der Waals surface area contributed by atoms with E-state index < -0.39 is 83.2 Å². The highest BCUT2D eigenvalue weighted by Gasteiger charge is 2.51. The summed E-state index contributed by atoms with van der Waals surface area (Å²) >= 11 is 0. The molecule has 2 aromatic carbocycles. The van der Waals surface area contributed by atoms with E-state index in [1.165, 1.54) is 59.3 Å². The number of esters is 1. The fourth-order valence-electron chi connectivity index (χ4n) is 8.70. The van der Waals surface area contributed by atoms with Crippen molar-refractivity contribution in [3.05, 3.63) is 94.4 Å². The van der Waals surface area contributed by atoms with Crippen LogP contribution >= 0.6 is 0 Å². The number of Topliss-reactive ketones (excluding diaryl/α,β-unsaturated/α-hetero) is 1. The van der Waals surface area contributed by atoms with Gasteiger partial charge in [0.2, 0.25) is 5.78 Å². The molecule has 356 valence electrons. The predicted octanol–water partition coefficient (Wildman–Crippen LogP) is 3.39. The molecule has 4 heterocycles. The fourth-order valence-corrected chi connectivity index (χ4v) is 8.70. The summed E-state index contributed by atoms with van der Waals surface area (Å²) in [4.78, 5) is 64.4. The number of amides is 1. The van der Waals surface area contributed by atoms with E-state index in [2.05, 4.69) is 20.3 Å². The number of phenols is 2. The number of phenolic OH excluding ortho intramolecular Hbond substituents is 2. The van der Waals surface area contributed by atoms with Gasteiger partial charge in [0.05, 0.1) is 58.7 Å². The van der Waals surface area contributed by atoms with E-state index in [0.717, 1.165) is 11.8 Å². The molecule has 0 saturated carbocycles. The molecule has 0 aromatic heterocycles. The number of aromatic hydroxyl groups is 2. The Morgan fingerprint density at radius 3 is 2.35 bits per heavy atom. The van der Waals surface area contributed by atoms with Crippen molar-refractivity contribution in [3.8, 4) is 17.2 Å². The molecule has 7 N–H and O–H groups in total. The van der Waals surface area contributed by atoms with E-state index >= 15 is 0 Å². The van der Waals surface area contributed by atoms with Gasteiger partial charge in [0.25, 0.3) is 11.7 Å². The number of carbonyl (C=O) groups excluding carboxylic acids is 4. The number of para-hydroxylation sites is 2. The molecular formula is C48H61N5O13. The van der Waals surface area contributed by atoms with Crippen LogP contribution in [0.3, 0.4) is 0 Å². The van der Waals surface area contributed by atoms with Crippen LogP contribution in [0, 0.1) is 24.7 Å². The molecule has 0 radical (unpaired) electrons. The summed E-state index contributed by atoms with van der Waals surface area (Å²) in [7, 11) is 1.42. The summed E-state index contributed by atoms with van der Waals surface area (Å²) in [5.41, 5.74) is 6.63. The molecule has 18 nitrogen and oxygen atoms in total. The topological polar surface area (TPSA) is 252 Å². The minimum atomic E-state index is -1.86. The van der Waals surface area contributed by atoms with Crippen LogP contribution in [0.15, 0.2) is 77.3 Å². The smallest absolute Gasteiger partial charge is 0.302 e. The van der Waals surface area contributed by atoms with Crippen molar-refractivity contribution in [1.29, 1.82) is 0 Å². The molecule has 4 aliphatic heterocycles. The summed E-state index contributed by atoms with van der Waals surface area (Å²) in [6.07, 6.45) is 3.89. The number of ether oxygens (including phenoxy) is 4. The van der Waals surface area contributed by atoms with Crippen LogP contribution in [-0.2, 0) is 28.6 Å². The van der Waals surface area contributed by atoms with Gasteiger partial charge in [-0.05, 0) is 32.1 Å². The number of nitrogens with zero attached hydrogens (tertiary/aromatic N) is 3. The van der Waals surface area contributed by atoms with Crippen LogP contribution in [0.1, 0.15) is 73.4 Å². The van der Waals surface area contributed by atoms with Gasteiger partial charge >= 0.3 is 5.97 Å². The predicted molar refractivity (Wildman–Crippen MR) is 243 cm³/mol. The van der Waals surface area contributed by atoms with Crippen molar-refractivity contribution < 1.29 is 63.4 Å². The number of carbonyl (C=O) groups is 4. The standard InChI is InChI=1S/C48H61N5O13/c1-25-12-11-13-26(2)47(61)50-31-24-34(56)36-37(43(31)60)41(58)29(5)44-38(36)46(51-64-23-21-52-17-19-53(20-18-52)32-14-9-10-15-33(32)55)48(7,66-44)63-22-16-35(62-8)27(3)45(65-30(6)54)39(49)42(59)28(4)40(25)57/h9-16,22,24-25,27-28,35,39-40,42,45,55,57-59H,17-21,23,49H2,1-8H3,(H,50,61)/b12-11+,22-16+,26-13-,51-46-/t25-,27+,28+,35-,39+,40-,42+,45+,48-/m0/s1. The third-order valence-electron chi connectivity index (χ3n) is 12.8. The lowest BCUT2D eigenvalue weighted by atomic mass is 9.81. The number of nitrogens with two attached hydrogens (primary N) is 1. The zero-order valence-corrected chi connectivity index (χ0v) is 38.5. The fraction of sp³-hybridized carbons (Fsp3) is 0.479. The SMILES string of the molecule is CO[C@H]1/C=C/O[C@@]2(C)Oc3c(C)c(O)c4c(c3/C2=N/OCCN2CCN(c3ccccc3O)CC2)C(=O)C=C(NC(=O)/C(C)=C\C=C\[C@H](C)[C@H](O)[C@@H](C)[C@@H](O)[C@@H](N)[C@H](OC(C)=O)[C@@H]1C)C4=O. The Balaban J connectivity index is 1.38. The van der Waals surface area contributed by atoms with Gasteiger partial charge in [0.1, 0.15) is 30.0 Å². The molecule has 1 amide bonds. The van der Waals surface area contributed by atoms with E-state index in [0.29, 0.717) is 32.7 Å². The Bertz CT molecular complexity index is 2350. The lowest BCUT2D eigenvalue weighted by Crippen LogP contribution is -2.55. The van der Waals surface area contributed by atoms with Crippen molar-refractivity contribution >= 4 is 34.8 Å². The molecule has 1 aliphatic carbocycles. The Morgan fingerprint density at radius 2 is 1.68 bits per heavy atom. The highest BCUT2D eigenvalue weighted by atomic mass is 16.7. The molecule has 1 saturated heterocycles. The summed E-state index contributed by atoms with van der Waals surface area (Å²) < 4.78 is 24.2. The van der Waals surface area contributed by atoms with Crippen LogP contribution in [-0.4, -0.2) is 137 Å². The van der Waals surface area contributed by atoms with Gasteiger partial charge in [-0.3, -0.25) is 24.1 Å². The van der Waals surface area contributed by atoms with E-state index in [1.54, 1.807) is 39.0 Å². The largest absolute Gasteiger partial charge is 0.507 e. The number of nitrogens with one attached hydrogen (secondary N) is 1. The van der Waals surface area contributed by atoms with Crippen molar-refractivity contribution in [3.63, 3.8) is 0 Å². The third kappa shape index (κ3) is 10.2.